The van der Waals surface area contributed by atoms with Crippen molar-refractivity contribution in [1.82, 2.24) is 14.5 Å². The van der Waals surface area contributed by atoms with Gasteiger partial charge in [0, 0.05) is 37.6 Å². The van der Waals surface area contributed by atoms with Gasteiger partial charge in [0.15, 0.2) is 0 Å². The van der Waals surface area contributed by atoms with Gasteiger partial charge in [-0.15, -0.1) is 0 Å². The number of pyridine rings is 1. The van der Waals surface area contributed by atoms with Gasteiger partial charge >= 0.3 is 0 Å². The third-order valence-corrected chi connectivity index (χ3v) is 4.14. The van der Waals surface area contributed by atoms with E-state index in [1.165, 1.54) is 10.1 Å². The number of anilines is 2. The molecule has 3 aromatic rings. The largest absolute Gasteiger partial charge is 0.392 e. The number of nitrogens with two attached hydrogens (primary N) is 2. The number of hydrogen-bond acceptors (Lipinski definition) is 6. The van der Waals surface area contributed by atoms with Gasteiger partial charge in [0.1, 0.15) is 11.4 Å². The highest BCUT2D eigenvalue weighted by atomic mass is 16.1. The van der Waals surface area contributed by atoms with Crippen LogP contribution in [0, 0.1) is 0 Å². The van der Waals surface area contributed by atoms with Crippen LogP contribution in [0.25, 0.3) is 11.3 Å². The van der Waals surface area contributed by atoms with Gasteiger partial charge in [0.2, 0.25) is 5.95 Å². The molecular weight excluding hydrogens is 328 g/mol. The third-order valence-electron chi connectivity index (χ3n) is 4.14. The van der Waals surface area contributed by atoms with Crippen molar-refractivity contribution in [3.8, 4) is 11.3 Å². The minimum Gasteiger partial charge on any atom is -0.392 e. The van der Waals surface area contributed by atoms with Crippen molar-refractivity contribution >= 4 is 11.6 Å². The van der Waals surface area contributed by atoms with Crippen molar-refractivity contribution in [2.75, 3.05) is 17.6 Å². The fourth-order valence-electron chi connectivity index (χ4n) is 2.72. The molecule has 1 atom stereocenters. The molecule has 0 amide bonds. The topological polar surface area (TPSA) is 112 Å². The molecule has 0 radical (unpaired) electrons. The summed E-state index contributed by atoms with van der Waals surface area (Å²) in [6.07, 6.45) is 4.00. The predicted molar refractivity (Wildman–Crippen MR) is 104 cm³/mol. The molecule has 0 saturated carbocycles. The summed E-state index contributed by atoms with van der Waals surface area (Å²) in [6.45, 7) is 0.481. The number of benzene rings is 1. The fourth-order valence-corrected chi connectivity index (χ4v) is 2.72. The molecular formula is C19H22N6O. The van der Waals surface area contributed by atoms with E-state index < -0.39 is 0 Å². The van der Waals surface area contributed by atoms with E-state index in [4.69, 9.17) is 11.5 Å². The lowest BCUT2D eigenvalue weighted by molar-refractivity contribution is 0.688. The van der Waals surface area contributed by atoms with E-state index in [1.807, 2.05) is 30.3 Å². The van der Waals surface area contributed by atoms with Crippen LogP contribution in [0.3, 0.4) is 0 Å². The van der Waals surface area contributed by atoms with Crippen molar-refractivity contribution in [3.63, 3.8) is 0 Å². The zero-order chi connectivity index (χ0) is 18.5. The number of nitrogen functional groups attached to an aromatic ring is 1. The summed E-state index contributed by atoms with van der Waals surface area (Å²) in [6, 6.07) is 13.4. The molecule has 3 rings (SSSR count). The molecule has 7 nitrogen and oxygen atoms in total. The Kier molecular flexibility index (Phi) is 5.28. The second-order valence-electron chi connectivity index (χ2n) is 6.13. The van der Waals surface area contributed by atoms with Crippen LogP contribution in [0.15, 0.2) is 59.7 Å². The number of nitrogens with zero attached hydrogens (tertiary/aromatic N) is 3. The molecule has 26 heavy (non-hydrogen) atoms. The number of rotatable bonds is 6. The highest BCUT2D eigenvalue weighted by Crippen LogP contribution is 2.21. The van der Waals surface area contributed by atoms with Crippen LogP contribution in [0.5, 0.6) is 0 Å². The first-order valence-corrected chi connectivity index (χ1v) is 8.36. The van der Waals surface area contributed by atoms with E-state index in [0.29, 0.717) is 18.2 Å². The van der Waals surface area contributed by atoms with E-state index in [0.717, 1.165) is 12.0 Å². The average Bonchev–Trinajstić information content (AvgIpc) is 2.67. The minimum atomic E-state index is -0.300. The Labute approximate surface area is 151 Å². The van der Waals surface area contributed by atoms with Crippen molar-refractivity contribution in [2.24, 2.45) is 12.8 Å². The molecule has 2 heterocycles. The summed E-state index contributed by atoms with van der Waals surface area (Å²) in [5, 5.41) is 3.17. The zero-order valence-corrected chi connectivity index (χ0v) is 14.6. The lowest BCUT2D eigenvalue weighted by Crippen LogP contribution is -2.34. The Bertz CT molecular complexity index is 924. The lowest BCUT2D eigenvalue weighted by Gasteiger charge is -2.17. The highest BCUT2D eigenvalue weighted by molar-refractivity contribution is 5.72. The predicted octanol–water partition coefficient (Wildman–Crippen LogP) is 1.41. The first-order valence-electron chi connectivity index (χ1n) is 8.36. The standard InChI is InChI=1S/C19H22N6O/c1-25-18(26)16(21)17(14-7-9-22-10-8-14)24-19(25)23-12-15(20)11-13-5-3-2-4-6-13/h2-10,15H,11-12,20-21H2,1H3,(H,23,24)/t15-/m0/s1. The minimum absolute atomic E-state index is 0.109. The maximum Gasteiger partial charge on any atom is 0.278 e. The molecule has 0 saturated heterocycles. The van der Waals surface area contributed by atoms with Gasteiger partial charge in [-0.05, 0) is 24.1 Å². The van der Waals surface area contributed by atoms with Crippen molar-refractivity contribution in [1.29, 1.82) is 0 Å². The van der Waals surface area contributed by atoms with Crippen molar-refractivity contribution in [2.45, 2.75) is 12.5 Å². The summed E-state index contributed by atoms with van der Waals surface area (Å²) in [7, 11) is 1.63. The van der Waals surface area contributed by atoms with Crippen molar-refractivity contribution in [3.05, 3.63) is 70.8 Å². The second-order valence-corrected chi connectivity index (χ2v) is 6.13. The number of nitrogens with one attached hydrogen (secondary N) is 1. The van der Waals surface area contributed by atoms with Gasteiger partial charge in [-0.2, -0.15) is 0 Å². The zero-order valence-electron chi connectivity index (χ0n) is 14.6. The van der Waals surface area contributed by atoms with Gasteiger partial charge in [-0.25, -0.2) is 4.98 Å². The lowest BCUT2D eigenvalue weighted by atomic mass is 10.1. The molecule has 0 fully saturated rings. The van der Waals surface area contributed by atoms with Gasteiger partial charge in [0.25, 0.3) is 5.56 Å². The Morgan fingerprint density at radius 1 is 1.15 bits per heavy atom. The molecule has 2 aromatic heterocycles. The molecule has 0 aliphatic rings. The normalized spacial score (nSPS) is 11.9. The van der Waals surface area contributed by atoms with Crippen LogP contribution in [-0.2, 0) is 13.5 Å². The molecule has 0 spiro atoms. The summed E-state index contributed by atoms with van der Waals surface area (Å²) in [5.74, 6) is 0.430. The van der Waals surface area contributed by atoms with Crippen LogP contribution >= 0.6 is 0 Å². The monoisotopic (exact) mass is 350 g/mol. The summed E-state index contributed by atoms with van der Waals surface area (Å²) >= 11 is 0. The van der Waals surface area contributed by atoms with Gasteiger partial charge in [-0.3, -0.25) is 14.3 Å². The van der Waals surface area contributed by atoms with E-state index in [1.54, 1.807) is 31.6 Å². The summed E-state index contributed by atoms with van der Waals surface area (Å²) in [5.41, 5.74) is 14.3. The van der Waals surface area contributed by atoms with E-state index in [-0.39, 0.29) is 17.3 Å². The fraction of sp³-hybridized carbons (Fsp3) is 0.211. The third kappa shape index (κ3) is 3.89. The van der Waals surface area contributed by atoms with E-state index >= 15 is 0 Å². The molecule has 0 aliphatic heterocycles. The number of aromatic nitrogens is 3. The Morgan fingerprint density at radius 2 is 1.85 bits per heavy atom. The smallest absolute Gasteiger partial charge is 0.278 e. The molecule has 0 unspecified atom stereocenters. The molecule has 134 valence electrons. The molecule has 0 bridgehead atoms. The summed E-state index contributed by atoms with van der Waals surface area (Å²) in [4.78, 5) is 20.9. The van der Waals surface area contributed by atoms with Gasteiger partial charge in [0.05, 0.1) is 0 Å². The maximum atomic E-state index is 12.4. The van der Waals surface area contributed by atoms with E-state index in [2.05, 4.69) is 15.3 Å². The number of hydrogen-bond donors (Lipinski definition) is 3. The quantitative estimate of drug-likeness (QED) is 0.620. The molecule has 0 aliphatic carbocycles. The molecule has 5 N–H and O–H groups in total. The van der Waals surface area contributed by atoms with Crippen LogP contribution < -0.4 is 22.3 Å². The first kappa shape index (κ1) is 17.6. The molecule has 1 aromatic carbocycles. The Morgan fingerprint density at radius 3 is 2.54 bits per heavy atom. The van der Waals surface area contributed by atoms with E-state index in [9.17, 15) is 4.79 Å². The van der Waals surface area contributed by atoms with Crippen molar-refractivity contribution < 1.29 is 0 Å². The SMILES string of the molecule is Cn1c(NC[C@@H](N)Cc2ccccc2)nc(-c2ccncc2)c(N)c1=O. The van der Waals surface area contributed by atoms with Crippen LogP contribution in [0.2, 0.25) is 0 Å². The first-order chi connectivity index (χ1) is 12.6. The van der Waals surface area contributed by atoms with Gasteiger partial charge < -0.3 is 16.8 Å². The maximum absolute atomic E-state index is 12.4. The average molecular weight is 350 g/mol. The highest BCUT2D eigenvalue weighted by Gasteiger charge is 2.14. The Balaban J connectivity index is 1.79. The van der Waals surface area contributed by atoms with Crippen LogP contribution in [-0.4, -0.2) is 27.1 Å². The van der Waals surface area contributed by atoms with Crippen LogP contribution in [0.4, 0.5) is 11.6 Å². The van der Waals surface area contributed by atoms with Crippen LogP contribution in [0.1, 0.15) is 5.56 Å². The van der Waals surface area contributed by atoms with Gasteiger partial charge in [-0.1, -0.05) is 30.3 Å². The molecule has 7 heteroatoms. The summed E-state index contributed by atoms with van der Waals surface area (Å²) < 4.78 is 1.40. The Hall–Kier alpha value is -3.19. The second kappa shape index (κ2) is 7.79.